The molecule has 0 amide bonds. The fourth-order valence-electron chi connectivity index (χ4n) is 3.72. The number of halogens is 1. The van der Waals surface area contributed by atoms with E-state index in [-0.39, 0.29) is 17.5 Å². The Kier molecular flexibility index (Phi) is 2.79. The predicted molar refractivity (Wildman–Crippen MR) is 79.9 cm³/mol. The lowest BCUT2D eigenvalue weighted by atomic mass is 9.88. The van der Waals surface area contributed by atoms with Gasteiger partial charge in [0.25, 0.3) is 0 Å². The molecule has 2 aromatic rings. The van der Waals surface area contributed by atoms with Gasteiger partial charge in [0.15, 0.2) is 0 Å². The Morgan fingerprint density at radius 2 is 1.81 bits per heavy atom. The molecular weight excluding hydrogens is 265 g/mol. The van der Waals surface area contributed by atoms with Crippen LogP contribution in [0.5, 0.6) is 5.75 Å². The van der Waals surface area contributed by atoms with Gasteiger partial charge in [-0.1, -0.05) is 24.3 Å². The quantitative estimate of drug-likeness (QED) is 0.919. The summed E-state index contributed by atoms with van der Waals surface area (Å²) in [6, 6.07) is 13.2. The molecule has 0 spiro atoms. The Bertz CT molecular complexity index is 672. The highest BCUT2D eigenvalue weighted by atomic mass is 19.1. The Labute approximate surface area is 123 Å². The molecule has 0 fully saturated rings. The summed E-state index contributed by atoms with van der Waals surface area (Å²) < 4.78 is 19.2. The van der Waals surface area contributed by atoms with Gasteiger partial charge in [0.2, 0.25) is 0 Å². The molecule has 21 heavy (non-hydrogen) atoms. The van der Waals surface area contributed by atoms with Gasteiger partial charge in [-0.2, -0.15) is 0 Å². The van der Waals surface area contributed by atoms with Gasteiger partial charge in [0.1, 0.15) is 17.7 Å². The van der Waals surface area contributed by atoms with Gasteiger partial charge in [0.05, 0.1) is 0 Å². The van der Waals surface area contributed by atoms with Crippen LogP contribution in [0.2, 0.25) is 0 Å². The summed E-state index contributed by atoms with van der Waals surface area (Å²) in [5.41, 5.74) is 10.0. The van der Waals surface area contributed by atoms with Gasteiger partial charge in [-0.05, 0) is 42.2 Å². The average molecular weight is 283 g/mol. The summed E-state index contributed by atoms with van der Waals surface area (Å²) in [5.74, 6) is 0.606. The minimum atomic E-state index is -0.241. The third-order valence-electron chi connectivity index (χ3n) is 4.60. The van der Waals surface area contributed by atoms with Crippen molar-refractivity contribution in [3.05, 3.63) is 65.0 Å². The maximum Gasteiger partial charge on any atom is 0.123 e. The molecule has 4 rings (SSSR count). The van der Waals surface area contributed by atoms with E-state index in [4.69, 9.17) is 10.5 Å². The van der Waals surface area contributed by atoms with Gasteiger partial charge in [-0.3, -0.25) is 0 Å². The summed E-state index contributed by atoms with van der Waals surface area (Å²) in [6.07, 6.45) is 3.41. The van der Waals surface area contributed by atoms with Crippen molar-refractivity contribution >= 4 is 0 Å². The van der Waals surface area contributed by atoms with E-state index in [0.717, 1.165) is 37.0 Å². The van der Waals surface area contributed by atoms with Crippen LogP contribution in [-0.2, 0) is 19.3 Å². The van der Waals surface area contributed by atoms with Crippen molar-refractivity contribution < 1.29 is 9.13 Å². The summed E-state index contributed by atoms with van der Waals surface area (Å²) in [6.45, 7) is 0. The Balaban J connectivity index is 1.49. The first kappa shape index (κ1) is 12.8. The first-order chi connectivity index (χ1) is 10.1. The van der Waals surface area contributed by atoms with E-state index in [2.05, 4.69) is 24.3 Å². The van der Waals surface area contributed by atoms with Crippen molar-refractivity contribution in [1.82, 2.24) is 0 Å². The first-order valence-corrected chi connectivity index (χ1v) is 7.42. The number of hydrogen-bond donors (Lipinski definition) is 1. The third-order valence-corrected chi connectivity index (χ3v) is 4.60. The highest BCUT2D eigenvalue weighted by molar-refractivity contribution is 5.39. The number of fused-ring (bicyclic) bond motifs is 2. The van der Waals surface area contributed by atoms with Crippen LogP contribution in [0.3, 0.4) is 0 Å². The number of benzene rings is 2. The van der Waals surface area contributed by atoms with E-state index in [9.17, 15) is 4.39 Å². The van der Waals surface area contributed by atoms with E-state index in [1.54, 1.807) is 12.1 Å². The van der Waals surface area contributed by atoms with E-state index in [1.165, 1.54) is 17.2 Å². The van der Waals surface area contributed by atoms with Gasteiger partial charge in [-0.25, -0.2) is 4.39 Å². The van der Waals surface area contributed by atoms with Crippen LogP contribution in [0.25, 0.3) is 0 Å². The van der Waals surface area contributed by atoms with Crippen LogP contribution in [0.1, 0.15) is 23.1 Å². The van der Waals surface area contributed by atoms with Gasteiger partial charge < -0.3 is 10.5 Å². The molecule has 2 N–H and O–H groups in total. The molecular formula is C18H18FNO. The zero-order valence-electron chi connectivity index (χ0n) is 11.8. The summed E-state index contributed by atoms with van der Waals surface area (Å²) >= 11 is 0. The second-order valence-electron chi connectivity index (χ2n) is 6.38. The van der Waals surface area contributed by atoms with Crippen LogP contribution < -0.4 is 10.5 Å². The van der Waals surface area contributed by atoms with Crippen molar-refractivity contribution in [2.45, 2.75) is 37.3 Å². The fraction of sp³-hybridized carbons (Fsp3) is 0.333. The molecule has 2 aliphatic rings. The molecule has 108 valence electrons. The van der Waals surface area contributed by atoms with Gasteiger partial charge in [-0.15, -0.1) is 0 Å². The topological polar surface area (TPSA) is 35.2 Å². The summed E-state index contributed by atoms with van der Waals surface area (Å²) in [7, 11) is 0. The third kappa shape index (κ3) is 2.32. The van der Waals surface area contributed by atoms with Crippen molar-refractivity contribution in [2.75, 3.05) is 0 Å². The minimum Gasteiger partial charge on any atom is -0.490 e. The van der Waals surface area contributed by atoms with Crippen molar-refractivity contribution in [3.8, 4) is 5.75 Å². The van der Waals surface area contributed by atoms with Crippen molar-refractivity contribution in [1.29, 1.82) is 0 Å². The molecule has 1 heterocycles. The zero-order chi connectivity index (χ0) is 14.4. The standard InChI is InChI=1S/C18H18FNO/c19-15-5-6-17-14(7-15)8-16(21-17)11-18(20)9-12-3-1-2-4-13(12)10-18/h1-7,16H,8-11,20H2. The molecule has 0 radical (unpaired) electrons. The van der Waals surface area contributed by atoms with Gasteiger partial charge in [0, 0.05) is 23.9 Å². The Morgan fingerprint density at radius 3 is 2.52 bits per heavy atom. The molecule has 2 nitrogen and oxygen atoms in total. The van der Waals surface area contributed by atoms with Crippen LogP contribution in [-0.4, -0.2) is 11.6 Å². The SMILES string of the molecule is NC1(CC2Cc3cc(F)ccc3O2)Cc2ccccc2C1. The second-order valence-corrected chi connectivity index (χ2v) is 6.38. The maximum atomic E-state index is 13.3. The fourth-order valence-corrected chi connectivity index (χ4v) is 3.72. The van der Waals surface area contributed by atoms with Crippen molar-refractivity contribution in [2.24, 2.45) is 5.73 Å². The van der Waals surface area contributed by atoms with E-state index in [1.807, 2.05) is 0 Å². The molecule has 2 aromatic carbocycles. The van der Waals surface area contributed by atoms with E-state index in [0.29, 0.717) is 0 Å². The normalized spacial score (nSPS) is 21.7. The van der Waals surface area contributed by atoms with Gasteiger partial charge >= 0.3 is 0 Å². The molecule has 3 heteroatoms. The van der Waals surface area contributed by atoms with Crippen LogP contribution in [0, 0.1) is 5.82 Å². The molecule has 0 saturated carbocycles. The number of nitrogens with two attached hydrogens (primary N) is 1. The largest absolute Gasteiger partial charge is 0.490 e. The molecule has 1 aliphatic carbocycles. The molecule has 0 bridgehead atoms. The average Bonchev–Trinajstić information content (AvgIpc) is 2.96. The van der Waals surface area contributed by atoms with E-state index >= 15 is 0 Å². The lowest BCUT2D eigenvalue weighted by Crippen LogP contribution is -2.44. The number of rotatable bonds is 2. The maximum absolute atomic E-state index is 13.3. The number of ether oxygens (including phenoxy) is 1. The molecule has 1 unspecified atom stereocenters. The highest BCUT2D eigenvalue weighted by Crippen LogP contribution is 2.36. The Morgan fingerprint density at radius 1 is 1.10 bits per heavy atom. The molecule has 1 atom stereocenters. The highest BCUT2D eigenvalue weighted by Gasteiger charge is 2.38. The summed E-state index contributed by atoms with van der Waals surface area (Å²) in [5, 5.41) is 0. The predicted octanol–water partition coefficient (Wildman–Crippen LogP) is 3.02. The van der Waals surface area contributed by atoms with E-state index < -0.39 is 0 Å². The van der Waals surface area contributed by atoms with Crippen LogP contribution >= 0.6 is 0 Å². The molecule has 0 aromatic heterocycles. The van der Waals surface area contributed by atoms with Crippen molar-refractivity contribution in [3.63, 3.8) is 0 Å². The molecule has 0 saturated heterocycles. The smallest absolute Gasteiger partial charge is 0.123 e. The zero-order valence-corrected chi connectivity index (χ0v) is 11.8. The second kappa shape index (κ2) is 4.57. The first-order valence-electron chi connectivity index (χ1n) is 7.42. The minimum absolute atomic E-state index is 0.0566. The Hall–Kier alpha value is -1.87. The summed E-state index contributed by atoms with van der Waals surface area (Å²) in [4.78, 5) is 0. The van der Waals surface area contributed by atoms with Crippen LogP contribution in [0.15, 0.2) is 42.5 Å². The van der Waals surface area contributed by atoms with Crippen LogP contribution in [0.4, 0.5) is 4.39 Å². The monoisotopic (exact) mass is 283 g/mol. The lowest BCUT2D eigenvalue weighted by molar-refractivity contribution is 0.181. The lowest BCUT2D eigenvalue weighted by Gasteiger charge is -2.26. The number of hydrogen-bond acceptors (Lipinski definition) is 2. The molecule has 1 aliphatic heterocycles.